The summed E-state index contributed by atoms with van der Waals surface area (Å²) in [6, 6.07) is 20.2. The summed E-state index contributed by atoms with van der Waals surface area (Å²) in [4.78, 5) is 5.13. The molecule has 1 aliphatic carbocycles. The highest BCUT2D eigenvalue weighted by Gasteiger charge is 2.32. The fraction of sp³-hybridized carbons (Fsp3) is 0.480. The van der Waals surface area contributed by atoms with Crippen molar-refractivity contribution < 1.29 is 0 Å². The summed E-state index contributed by atoms with van der Waals surface area (Å²) in [5, 5.41) is 13.1. The van der Waals surface area contributed by atoms with E-state index in [2.05, 4.69) is 91.5 Å². The smallest absolute Gasteiger partial charge is 0.173 e. The predicted octanol–water partition coefficient (Wildman–Crippen LogP) is 4.00. The molecule has 1 saturated carbocycles. The number of hydrogen-bond donors (Lipinski definition) is 0. The molecule has 0 N–H and O–H groups in total. The Kier molecular flexibility index (Phi) is 6.09. The topological polar surface area (TPSA) is 50.1 Å². The van der Waals surface area contributed by atoms with Gasteiger partial charge in [-0.25, -0.2) is 4.68 Å². The van der Waals surface area contributed by atoms with Gasteiger partial charge in [0, 0.05) is 32.7 Å². The van der Waals surface area contributed by atoms with Crippen LogP contribution in [0.5, 0.6) is 0 Å². The first-order valence-electron chi connectivity index (χ1n) is 11.6. The fourth-order valence-corrected chi connectivity index (χ4v) is 5.08. The average molecular weight is 417 g/mol. The Labute approximate surface area is 184 Å². The Morgan fingerprint density at radius 1 is 0.903 bits per heavy atom. The molecule has 162 valence electrons. The lowest BCUT2D eigenvalue weighted by Crippen LogP contribution is -2.48. The Morgan fingerprint density at radius 3 is 2.32 bits per heavy atom. The van der Waals surface area contributed by atoms with E-state index in [1.807, 2.05) is 0 Å². The molecule has 31 heavy (non-hydrogen) atoms. The number of aryl methyl sites for hydroxylation is 1. The summed E-state index contributed by atoms with van der Waals surface area (Å²) in [7, 11) is 0. The zero-order chi connectivity index (χ0) is 21.0. The van der Waals surface area contributed by atoms with Crippen molar-refractivity contribution in [2.75, 3.05) is 26.2 Å². The molecule has 0 radical (unpaired) electrons. The molecule has 2 heterocycles. The fourth-order valence-electron chi connectivity index (χ4n) is 5.08. The van der Waals surface area contributed by atoms with Crippen LogP contribution in [0.15, 0.2) is 54.6 Å². The van der Waals surface area contributed by atoms with E-state index >= 15 is 0 Å². The molecule has 2 aromatic carbocycles. The summed E-state index contributed by atoms with van der Waals surface area (Å²) in [6.45, 7) is 7.31. The number of aromatic nitrogens is 4. The molecule has 5 rings (SSSR count). The van der Waals surface area contributed by atoms with E-state index in [0.29, 0.717) is 6.04 Å². The van der Waals surface area contributed by atoms with Gasteiger partial charge in [-0.1, -0.05) is 73.0 Å². The number of tetrazole rings is 1. The van der Waals surface area contributed by atoms with Crippen LogP contribution in [0.2, 0.25) is 0 Å². The van der Waals surface area contributed by atoms with Gasteiger partial charge in [0.15, 0.2) is 5.82 Å². The van der Waals surface area contributed by atoms with Crippen LogP contribution in [0, 0.1) is 6.92 Å². The molecule has 6 nitrogen and oxygen atoms in total. The summed E-state index contributed by atoms with van der Waals surface area (Å²) >= 11 is 0. The van der Waals surface area contributed by atoms with Gasteiger partial charge in [0.05, 0.1) is 12.1 Å². The quantitative estimate of drug-likeness (QED) is 0.608. The summed E-state index contributed by atoms with van der Waals surface area (Å²) in [5.41, 5.74) is 3.96. The maximum atomic E-state index is 4.57. The van der Waals surface area contributed by atoms with Crippen molar-refractivity contribution in [1.82, 2.24) is 30.0 Å². The minimum Gasteiger partial charge on any atom is -0.297 e. The van der Waals surface area contributed by atoms with Gasteiger partial charge in [0.25, 0.3) is 0 Å². The second-order valence-electron chi connectivity index (χ2n) is 9.03. The third kappa shape index (κ3) is 4.55. The highest BCUT2D eigenvalue weighted by Crippen LogP contribution is 2.34. The average Bonchev–Trinajstić information content (AvgIpc) is 3.49. The molecule has 6 heteroatoms. The van der Waals surface area contributed by atoms with E-state index in [0.717, 1.165) is 38.5 Å². The minimum atomic E-state index is 0.107. The monoisotopic (exact) mass is 416 g/mol. The lowest BCUT2D eigenvalue weighted by molar-refractivity contribution is 0.0993. The normalized spacial score (nSPS) is 19.6. The largest absolute Gasteiger partial charge is 0.297 e. The minimum absolute atomic E-state index is 0.107. The van der Waals surface area contributed by atoms with E-state index in [1.165, 1.54) is 42.4 Å². The molecule has 1 unspecified atom stereocenters. The Bertz CT molecular complexity index is 953. The second-order valence-corrected chi connectivity index (χ2v) is 9.03. The van der Waals surface area contributed by atoms with Crippen LogP contribution in [0.25, 0.3) is 0 Å². The van der Waals surface area contributed by atoms with Crippen LogP contribution >= 0.6 is 0 Å². The van der Waals surface area contributed by atoms with Crippen molar-refractivity contribution in [3.05, 3.63) is 77.1 Å². The number of nitrogens with zero attached hydrogens (tertiary/aromatic N) is 6. The standard InChI is InChI=1S/C25H32N6/c1-20-11-13-22(14-12-20)24(25-26-27-28-31(25)23-9-5-6-10-23)30-17-15-29(16-18-30)19-21-7-3-2-4-8-21/h2-4,7-8,11-14,23-24H,5-6,9-10,15-19H2,1H3. The van der Waals surface area contributed by atoms with Gasteiger partial charge < -0.3 is 0 Å². The molecule has 0 bridgehead atoms. The number of hydrogen-bond acceptors (Lipinski definition) is 5. The van der Waals surface area contributed by atoms with Gasteiger partial charge in [-0.2, -0.15) is 0 Å². The van der Waals surface area contributed by atoms with Crippen molar-refractivity contribution in [3.63, 3.8) is 0 Å². The molecule has 1 atom stereocenters. The van der Waals surface area contributed by atoms with Crippen LogP contribution in [-0.4, -0.2) is 56.2 Å². The molecule has 1 aromatic heterocycles. The first-order valence-corrected chi connectivity index (χ1v) is 11.6. The van der Waals surface area contributed by atoms with Gasteiger partial charge >= 0.3 is 0 Å². The Balaban J connectivity index is 1.37. The van der Waals surface area contributed by atoms with Crippen molar-refractivity contribution in [2.45, 2.75) is 51.2 Å². The van der Waals surface area contributed by atoms with E-state index < -0.39 is 0 Å². The van der Waals surface area contributed by atoms with Crippen molar-refractivity contribution in [3.8, 4) is 0 Å². The van der Waals surface area contributed by atoms with Gasteiger partial charge in [0.1, 0.15) is 0 Å². The predicted molar refractivity (Wildman–Crippen MR) is 122 cm³/mol. The third-order valence-corrected chi connectivity index (χ3v) is 6.85. The van der Waals surface area contributed by atoms with Gasteiger partial charge in [-0.15, -0.1) is 5.10 Å². The molecule has 1 saturated heterocycles. The van der Waals surface area contributed by atoms with Crippen molar-refractivity contribution in [2.24, 2.45) is 0 Å². The highest BCUT2D eigenvalue weighted by molar-refractivity contribution is 5.28. The molecule has 2 fully saturated rings. The van der Waals surface area contributed by atoms with Crippen LogP contribution in [-0.2, 0) is 6.54 Å². The third-order valence-electron chi connectivity index (χ3n) is 6.85. The van der Waals surface area contributed by atoms with Gasteiger partial charge in [-0.05, 0) is 41.3 Å². The van der Waals surface area contributed by atoms with Crippen molar-refractivity contribution in [1.29, 1.82) is 0 Å². The van der Waals surface area contributed by atoms with Crippen LogP contribution in [0.3, 0.4) is 0 Å². The Morgan fingerprint density at radius 2 is 1.61 bits per heavy atom. The molecule has 2 aliphatic rings. The summed E-state index contributed by atoms with van der Waals surface area (Å²) < 4.78 is 2.13. The van der Waals surface area contributed by atoms with Crippen LogP contribution in [0.4, 0.5) is 0 Å². The van der Waals surface area contributed by atoms with E-state index in [-0.39, 0.29) is 6.04 Å². The van der Waals surface area contributed by atoms with Crippen LogP contribution < -0.4 is 0 Å². The summed E-state index contributed by atoms with van der Waals surface area (Å²) in [5.74, 6) is 1.01. The van der Waals surface area contributed by atoms with Crippen LogP contribution in [0.1, 0.15) is 60.3 Å². The number of rotatable bonds is 6. The van der Waals surface area contributed by atoms with E-state index in [4.69, 9.17) is 0 Å². The summed E-state index contributed by atoms with van der Waals surface area (Å²) in [6.07, 6.45) is 4.92. The zero-order valence-corrected chi connectivity index (χ0v) is 18.4. The van der Waals surface area contributed by atoms with E-state index in [9.17, 15) is 0 Å². The SMILES string of the molecule is Cc1ccc(C(c2nnnn2C2CCCC2)N2CCN(Cc3ccccc3)CC2)cc1. The van der Waals surface area contributed by atoms with Gasteiger partial charge in [0.2, 0.25) is 0 Å². The van der Waals surface area contributed by atoms with Gasteiger partial charge in [-0.3, -0.25) is 9.80 Å². The lowest BCUT2D eigenvalue weighted by atomic mass is 10.0. The van der Waals surface area contributed by atoms with E-state index in [1.54, 1.807) is 0 Å². The maximum absolute atomic E-state index is 4.57. The molecular weight excluding hydrogens is 384 g/mol. The number of piperazine rings is 1. The van der Waals surface area contributed by atoms with Crippen molar-refractivity contribution >= 4 is 0 Å². The first kappa shape index (κ1) is 20.3. The Hall–Kier alpha value is -2.57. The maximum Gasteiger partial charge on any atom is 0.173 e. The number of benzene rings is 2. The molecule has 0 amide bonds. The lowest BCUT2D eigenvalue weighted by Gasteiger charge is -2.39. The zero-order valence-electron chi connectivity index (χ0n) is 18.4. The molecular formula is C25H32N6. The highest BCUT2D eigenvalue weighted by atomic mass is 15.6. The second kappa shape index (κ2) is 9.28. The molecule has 0 spiro atoms. The molecule has 3 aromatic rings. The first-order chi connectivity index (χ1) is 15.3. The molecule has 1 aliphatic heterocycles.